The average Bonchev–Trinajstić information content (AvgIpc) is 2.70. The summed E-state index contributed by atoms with van der Waals surface area (Å²) in [4.78, 5) is 13.3. The van der Waals surface area contributed by atoms with Crippen molar-refractivity contribution >= 4 is 29.4 Å². The Morgan fingerprint density at radius 2 is 1.73 bits per heavy atom. The van der Waals surface area contributed by atoms with Crippen LogP contribution in [0, 0.1) is 36.0 Å². The summed E-state index contributed by atoms with van der Waals surface area (Å²) in [5.41, 5.74) is -0.704. The molecule has 0 radical (unpaired) electrons. The highest BCUT2D eigenvalue weighted by Crippen LogP contribution is 2.39. The van der Waals surface area contributed by atoms with Gasteiger partial charge in [-0.15, -0.1) is 0 Å². The monoisotopic (exact) mass is 446 g/mol. The smallest absolute Gasteiger partial charge is 0.414 e. The number of hydrogen-bond acceptors (Lipinski definition) is 4. The molecule has 1 heterocycles. The van der Waals surface area contributed by atoms with E-state index in [1.54, 1.807) is 13.0 Å². The highest BCUT2D eigenvalue weighted by molar-refractivity contribution is 7.99. The number of hydrogen-bond donors (Lipinski definition) is 1. The molecule has 2 aromatic carbocycles. The maximum atomic E-state index is 14.8. The summed E-state index contributed by atoms with van der Waals surface area (Å²) in [5.74, 6) is -6.94. The third kappa shape index (κ3) is 3.92. The van der Waals surface area contributed by atoms with Crippen LogP contribution in [0.25, 0.3) is 0 Å². The Kier molecular flexibility index (Phi) is 6.44. The number of halogens is 5. The lowest BCUT2D eigenvalue weighted by atomic mass is 10.0. The largest absolute Gasteiger partial charge is 0.441 e. The maximum Gasteiger partial charge on any atom is 0.414 e. The van der Waals surface area contributed by atoms with Crippen LogP contribution >= 0.6 is 11.9 Å². The van der Waals surface area contributed by atoms with Gasteiger partial charge in [-0.05, 0) is 44.3 Å². The number of nitrogens with zero attached hydrogens (tertiary/aromatic N) is 1. The van der Waals surface area contributed by atoms with Crippen LogP contribution in [-0.2, 0) is 10.5 Å². The predicted molar refractivity (Wildman–Crippen MR) is 105 cm³/mol. The molecule has 2 aromatic rings. The predicted octanol–water partition coefficient (Wildman–Crippen LogP) is 6.38. The number of nitrogens with one attached hydrogen (secondary N) is 1. The molecule has 30 heavy (non-hydrogen) atoms. The number of fused-ring (bicyclic) bond motifs is 1. The molecule has 0 aromatic heterocycles. The van der Waals surface area contributed by atoms with Crippen molar-refractivity contribution in [1.29, 1.82) is 0 Å². The van der Waals surface area contributed by atoms with E-state index in [0.29, 0.717) is 12.0 Å². The Bertz CT molecular complexity index is 973. The number of ether oxygens (including phenoxy) is 1. The summed E-state index contributed by atoms with van der Waals surface area (Å²) in [7, 11) is 0. The van der Waals surface area contributed by atoms with Gasteiger partial charge >= 0.3 is 6.09 Å². The van der Waals surface area contributed by atoms with Gasteiger partial charge in [0, 0.05) is 34.7 Å². The lowest BCUT2D eigenvalue weighted by molar-refractivity contribution is 0.107. The van der Waals surface area contributed by atoms with E-state index in [1.807, 2.05) is 6.92 Å². The Morgan fingerprint density at radius 1 is 1.10 bits per heavy atom. The van der Waals surface area contributed by atoms with E-state index in [-0.39, 0.29) is 17.9 Å². The SMILES string of the molecule is CCCN1C(=O)OC(C)c2cc(NSCc3c(F)c(F)c(C)c(F)c3F)cc(F)c21. The van der Waals surface area contributed by atoms with E-state index in [1.165, 1.54) is 4.90 Å². The van der Waals surface area contributed by atoms with Crippen LogP contribution in [0.4, 0.5) is 38.1 Å². The molecule has 1 unspecified atom stereocenters. The van der Waals surface area contributed by atoms with Gasteiger partial charge in [0.2, 0.25) is 0 Å². The van der Waals surface area contributed by atoms with E-state index in [4.69, 9.17) is 4.74 Å². The zero-order valence-electron chi connectivity index (χ0n) is 16.4. The first-order valence-electron chi connectivity index (χ1n) is 9.18. The van der Waals surface area contributed by atoms with Gasteiger partial charge in [-0.2, -0.15) is 0 Å². The third-order valence-corrected chi connectivity index (χ3v) is 5.54. The van der Waals surface area contributed by atoms with Crippen molar-refractivity contribution in [3.8, 4) is 0 Å². The normalized spacial score (nSPS) is 15.8. The van der Waals surface area contributed by atoms with Gasteiger partial charge < -0.3 is 9.46 Å². The molecule has 1 aliphatic rings. The van der Waals surface area contributed by atoms with Crippen LogP contribution in [0.15, 0.2) is 12.1 Å². The minimum absolute atomic E-state index is 0.121. The van der Waals surface area contributed by atoms with Crippen molar-refractivity contribution in [1.82, 2.24) is 0 Å². The lowest BCUT2D eigenvalue weighted by Gasteiger charge is -2.33. The third-order valence-electron chi connectivity index (χ3n) is 4.73. The van der Waals surface area contributed by atoms with Crippen molar-refractivity contribution in [2.45, 2.75) is 39.0 Å². The van der Waals surface area contributed by atoms with E-state index in [9.17, 15) is 26.7 Å². The van der Waals surface area contributed by atoms with Crippen LogP contribution in [-0.4, -0.2) is 12.6 Å². The number of rotatable bonds is 6. The molecular weight excluding hydrogens is 427 g/mol. The second-order valence-electron chi connectivity index (χ2n) is 6.82. The Labute approximate surface area is 174 Å². The zero-order valence-corrected chi connectivity index (χ0v) is 17.2. The molecule has 1 N–H and O–H groups in total. The van der Waals surface area contributed by atoms with Crippen molar-refractivity contribution in [2.24, 2.45) is 0 Å². The Balaban J connectivity index is 1.83. The number of cyclic esters (lactones) is 1. The van der Waals surface area contributed by atoms with Crippen LogP contribution in [0.5, 0.6) is 0 Å². The van der Waals surface area contributed by atoms with E-state index < -0.39 is 58.2 Å². The quantitative estimate of drug-likeness (QED) is 0.318. The number of benzene rings is 2. The summed E-state index contributed by atoms with van der Waals surface area (Å²) in [5, 5.41) is 0. The van der Waals surface area contributed by atoms with Gasteiger partial charge in [-0.3, -0.25) is 4.90 Å². The van der Waals surface area contributed by atoms with Crippen LogP contribution in [0.2, 0.25) is 0 Å². The summed E-state index contributed by atoms with van der Waals surface area (Å²) < 4.78 is 78.1. The zero-order chi connectivity index (χ0) is 22.2. The number of carbonyl (C=O) groups excluding carboxylic acids is 1. The Morgan fingerprint density at radius 3 is 2.33 bits per heavy atom. The number of anilines is 2. The van der Waals surface area contributed by atoms with E-state index in [0.717, 1.165) is 24.9 Å². The summed E-state index contributed by atoms with van der Waals surface area (Å²) >= 11 is 0.732. The van der Waals surface area contributed by atoms with Gasteiger partial charge in [0.05, 0.1) is 5.69 Å². The molecule has 4 nitrogen and oxygen atoms in total. The highest BCUT2D eigenvalue weighted by atomic mass is 32.2. The standard InChI is InChI=1S/C20H19F5N2O2S/c1-4-5-27-19-12(10(3)29-20(27)28)6-11(7-14(19)21)26-30-8-13-17(24)15(22)9(2)16(23)18(13)25/h6-7,10,26H,4-5,8H2,1-3H3. The first kappa shape index (κ1) is 22.2. The molecule has 1 atom stereocenters. The maximum absolute atomic E-state index is 14.8. The average molecular weight is 446 g/mol. The molecule has 1 amide bonds. The first-order chi connectivity index (χ1) is 14.2. The topological polar surface area (TPSA) is 41.6 Å². The van der Waals surface area contributed by atoms with Gasteiger partial charge in [0.1, 0.15) is 11.9 Å². The molecule has 0 aliphatic carbocycles. The molecule has 1 aliphatic heterocycles. The van der Waals surface area contributed by atoms with Crippen molar-refractivity contribution in [3.05, 3.63) is 57.9 Å². The highest BCUT2D eigenvalue weighted by Gasteiger charge is 2.33. The van der Waals surface area contributed by atoms with Crippen LogP contribution in [0.1, 0.15) is 43.1 Å². The van der Waals surface area contributed by atoms with Gasteiger partial charge in [-0.25, -0.2) is 26.7 Å². The molecule has 0 saturated carbocycles. The first-order valence-corrected chi connectivity index (χ1v) is 10.2. The molecule has 0 fully saturated rings. The Hall–Kier alpha value is -2.49. The molecule has 0 bridgehead atoms. The molecule has 10 heteroatoms. The van der Waals surface area contributed by atoms with Crippen LogP contribution in [0.3, 0.4) is 0 Å². The summed E-state index contributed by atoms with van der Waals surface area (Å²) in [6.45, 7) is 4.65. The van der Waals surface area contributed by atoms with E-state index >= 15 is 0 Å². The van der Waals surface area contributed by atoms with Gasteiger partial charge in [-0.1, -0.05) is 6.92 Å². The molecule has 0 spiro atoms. The number of carbonyl (C=O) groups is 1. The summed E-state index contributed by atoms with van der Waals surface area (Å²) in [6.07, 6.45) is -0.740. The molecule has 3 rings (SSSR count). The van der Waals surface area contributed by atoms with Gasteiger partial charge in [0.25, 0.3) is 0 Å². The minimum Gasteiger partial charge on any atom is -0.441 e. The second kappa shape index (κ2) is 8.71. The van der Waals surface area contributed by atoms with Crippen molar-refractivity contribution in [3.63, 3.8) is 0 Å². The van der Waals surface area contributed by atoms with Crippen LogP contribution < -0.4 is 9.62 Å². The fourth-order valence-corrected chi connectivity index (χ4v) is 3.93. The summed E-state index contributed by atoms with van der Waals surface area (Å²) in [6, 6.07) is 2.68. The molecule has 0 saturated heterocycles. The molecular formula is C20H19F5N2O2S. The fraction of sp³-hybridized carbons (Fsp3) is 0.350. The van der Waals surface area contributed by atoms with Gasteiger partial charge in [0.15, 0.2) is 23.3 Å². The van der Waals surface area contributed by atoms with Crippen molar-refractivity contribution in [2.75, 3.05) is 16.2 Å². The van der Waals surface area contributed by atoms with Crippen molar-refractivity contribution < 1.29 is 31.5 Å². The second-order valence-corrected chi connectivity index (χ2v) is 7.61. The number of amides is 1. The van der Waals surface area contributed by atoms with E-state index in [2.05, 4.69) is 4.72 Å². The fourth-order valence-electron chi connectivity index (χ4n) is 3.18. The molecule has 162 valence electrons. The minimum atomic E-state index is -1.46. The lowest BCUT2D eigenvalue weighted by Crippen LogP contribution is -2.38.